The maximum absolute atomic E-state index is 11.4. The third-order valence-electron chi connectivity index (χ3n) is 2.49. The highest BCUT2D eigenvalue weighted by Gasteiger charge is 2.30. The second kappa shape index (κ2) is 3.92. The molecule has 0 aromatic heterocycles. The zero-order valence-corrected chi connectivity index (χ0v) is 8.74. The Morgan fingerprint density at radius 1 is 1.40 bits per heavy atom. The standard InChI is InChI=1S/C11H9ClN2O/c12-9-1-3-10(4-2-9)14-6-8(5-13)11(15)7-14/h1-4,8H,6-7H2/t8-/m0/s1. The van der Waals surface area contributed by atoms with Gasteiger partial charge in [0, 0.05) is 17.3 Å². The normalized spacial score (nSPS) is 20.4. The van der Waals surface area contributed by atoms with Gasteiger partial charge in [-0.2, -0.15) is 5.26 Å². The lowest BCUT2D eigenvalue weighted by atomic mass is 10.1. The van der Waals surface area contributed by atoms with Gasteiger partial charge in [0.2, 0.25) is 0 Å². The summed E-state index contributed by atoms with van der Waals surface area (Å²) in [6.07, 6.45) is 0. The fourth-order valence-electron chi connectivity index (χ4n) is 1.65. The van der Waals surface area contributed by atoms with E-state index >= 15 is 0 Å². The van der Waals surface area contributed by atoms with Crippen LogP contribution in [0.3, 0.4) is 0 Å². The van der Waals surface area contributed by atoms with Crippen LogP contribution in [0.15, 0.2) is 24.3 Å². The largest absolute Gasteiger partial charge is 0.362 e. The minimum Gasteiger partial charge on any atom is -0.362 e. The fraction of sp³-hybridized carbons (Fsp3) is 0.273. The van der Waals surface area contributed by atoms with Crippen LogP contribution in [0, 0.1) is 17.2 Å². The molecule has 0 radical (unpaired) electrons. The van der Waals surface area contributed by atoms with E-state index < -0.39 is 5.92 Å². The van der Waals surface area contributed by atoms with Gasteiger partial charge >= 0.3 is 0 Å². The van der Waals surface area contributed by atoms with Gasteiger partial charge in [0.1, 0.15) is 5.92 Å². The van der Waals surface area contributed by atoms with Gasteiger partial charge in [-0.1, -0.05) is 11.6 Å². The fourth-order valence-corrected chi connectivity index (χ4v) is 1.77. The zero-order chi connectivity index (χ0) is 10.8. The van der Waals surface area contributed by atoms with E-state index in [1.165, 1.54) is 0 Å². The lowest BCUT2D eigenvalue weighted by Gasteiger charge is -2.16. The molecule has 1 aliphatic rings. The number of halogens is 1. The van der Waals surface area contributed by atoms with Gasteiger partial charge in [0.15, 0.2) is 5.78 Å². The van der Waals surface area contributed by atoms with Gasteiger partial charge in [0.05, 0.1) is 12.6 Å². The van der Waals surface area contributed by atoms with Crippen molar-refractivity contribution in [2.45, 2.75) is 0 Å². The van der Waals surface area contributed by atoms with E-state index in [-0.39, 0.29) is 5.78 Å². The number of carbonyl (C=O) groups excluding carboxylic acids is 1. The van der Waals surface area contributed by atoms with Crippen molar-refractivity contribution in [3.05, 3.63) is 29.3 Å². The molecule has 0 saturated carbocycles. The van der Waals surface area contributed by atoms with Gasteiger partial charge in [-0.15, -0.1) is 0 Å². The van der Waals surface area contributed by atoms with Gasteiger partial charge in [-0.3, -0.25) is 4.79 Å². The summed E-state index contributed by atoms with van der Waals surface area (Å²) >= 11 is 5.77. The van der Waals surface area contributed by atoms with Gasteiger partial charge in [-0.25, -0.2) is 0 Å². The number of nitrogens with zero attached hydrogens (tertiary/aromatic N) is 2. The van der Waals surface area contributed by atoms with Gasteiger partial charge in [0.25, 0.3) is 0 Å². The van der Waals surface area contributed by atoms with Crippen molar-refractivity contribution in [3.8, 4) is 6.07 Å². The summed E-state index contributed by atoms with van der Waals surface area (Å²) in [5.74, 6) is -0.492. The molecule has 1 heterocycles. The Hall–Kier alpha value is -1.53. The number of Topliss-reactive ketones (excluding diaryl/α,β-unsaturated/α-hetero) is 1. The van der Waals surface area contributed by atoms with Crippen LogP contribution in [-0.2, 0) is 4.79 Å². The number of ketones is 1. The Balaban J connectivity index is 2.18. The molecule has 0 unspecified atom stereocenters. The summed E-state index contributed by atoms with van der Waals surface area (Å²) in [6.45, 7) is 0.802. The molecule has 4 heteroatoms. The number of hydrogen-bond donors (Lipinski definition) is 0. The molecule has 2 rings (SSSR count). The van der Waals surface area contributed by atoms with Crippen LogP contribution in [0.4, 0.5) is 5.69 Å². The van der Waals surface area contributed by atoms with Crippen molar-refractivity contribution >= 4 is 23.1 Å². The van der Waals surface area contributed by atoms with E-state index in [0.717, 1.165) is 5.69 Å². The van der Waals surface area contributed by atoms with Crippen LogP contribution in [0.2, 0.25) is 5.02 Å². The second-order valence-corrected chi connectivity index (χ2v) is 3.94. The van der Waals surface area contributed by atoms with E-state index in [0.29, 0.717) is 18.1 Å². The van der Waals surface area contributed by atoms with Gasteiger partial charge in [-0.05, 0) is 24.3 Å². The highest BCUT2D eigenvalue weighted by atomic mass is 35.5. The SMILES string of the molecule is N#C[C@H]1CN(c2ccc(Cl)cc2)CC1=O. The average Bonchev–Trinajstić information content (AvgIpc) is 2.61. The Bertz CT molecular complexity index is 421. The van der Waals surface area contributed by atoms with Gasteiger partial charge < -0.3 is 4.90 Å². The summed E-state index contributed by atoms with van der Waals surface area (Å²) < 4.78 is 0. The molecule has 1 aromatic carbocycles. The van der Waals surface area contributed by atoms with E-state index in [1.807, 2.05) is 23.1 Å². The van der Waals surface area contributed by atoms with E-state index in [9.17, 15) is 4.79 Å². The molecule has 0 aliphatic carbocycles. The molecule has 3 nitrogen and oxygen atoms in total. The van der Waals surface area contributed by atoms with Crippen molar-refractivity contribution < 1.29 is 4.79 Å². The Labute approximate surface area is 92.9 Å². The number of carbonyl (C=O) groups is 1. The molecule has 15 heavy (non-hydrogen) atoms. The average molecular weight is 221 g/mol. The molecular formula is C11H9ClN2O. The van der Waals surface area contributed by atoms with Crippen LogP contribution >= 0.6 is 11.6 Å². The van der Waals surface area contributed by atoms with Crippen LogP contribution in [0.5, 0.6) is 0 Å². The lowest BCUT2D eigenvalue weighted by molar-refractivity contribution is -0.118. The van der Waals surface area contributed by atoms with Crippen LogP contribution in [0.25, 0.3) is 0 Å². The van der Waals surface area contributed by atoms with Crippen molar-refractivity contribution in [2.24, 2.45) is 5.92 Å². The second-order valence-electron chi connectivity index (χ2n) is 3.50. The quantitative estimate of drug-likeness (QED) is 0.726. The molecule has 0 bridgehead atoms. The Morgan fingerprint density at radius 2 is 2.07 bits per heavy atom. The molecule has 1 aliphatic heterocycles. The summed E-state index contributed by atoms with van der Waals surface area (Å²) in [5.41, 5.74) is 0.936. The molecule has 1 aromatic rings. The molecular weight excluding hydrogens is 212 g/mol. The smallest absolute Gasteiger partial charge is 0.170 e. The minimum absolute atomic E-state index is 0.00699. The Morgan fingerprint density at radius 3 is 2.60 bits per heavy atom. The highest BCUT2D eigenvalue weighted by molar-refractivity contribution is 6.30. The number of anilines is 1. The predicted octanol–water partition coefficient (Wildman–Crippen LogP) is 1.87. The topological polar surface area (TPSA) is 44.1 Å². The highest BCUT2D eigenvalue weighted by Crippen LogP contribution is 2.22. The van der Waals surface area contributed by atoms with E-state index in [4.69, 9.17) is 16.9 Å². The molecule has 0 N–H and O–H groups in total. The molecule has 0 amide bonds. The van der Waals surface area contributed by atoms with E-state index in [1.54, 1.807) is 12.1 Å². The van der Waals surface area contributed by atoms with Crippen molar-refractivity contribution in [2.75, 3.05) is 18.0 Å². The van der Waals surface area contributed by atoms with Crippen molar-refractivity contribution in [3.63, 3.8) is 0 Å². The molecule has 1 atom stereocenters. The molecule has 1 saturated heterocycles. The lowest BCUT2D eigenvalue weighted by Crippen LogP contribution is -2.19. The van der Waals surface area contributed by atoms with Crippen molar-refractivity contribution in [1.29, 1.82) is 5.26 Å². The maximum atomic E-state index is 11.4. The maximum Gasteiger partial charge on any atom is 0.170 e. The molecule has 1 fully saturated rings. The number of benzene rings is 1. The van der Waals surface area contributed by atoms with Crippen molar-refractivity contribution in [1.82, 2.24) is 0 Å². The summed E-state index contributed by atoms with van der Waals surface area (Å²) in [5, 5.41) is 9.39. The monoisotopic (exact) mass is 220 g/mol. The van der Waals surface area contributed by atoms with Crippen LogP contribution < -0.4 is 4.90 Å². The molecule has 76 valence electrons. The number of rotatable bonds is 1. The van der Waals surface area contributed by atoms with Crippen LogP contribution in [-0.4, -0.2) is 18.9 Å². The number of hydrogen-bond acceptors (Lipinski definition) is 3. The van der Waals surface area contributed by atoms with Crippen LogP contribution in [0.1, 0.15) is 0 Å². The molecule has 0 spiro atoms. The third kappa shape index (κ3) is 1.95. The first-order valence-electron chi connectivity index (χ1n) is 4.63. The van der Waals surface area contributed by atoms with E-state index in [2.05, 4.69) is 0 Å². The summed E-state index contributed by atoms with van der Waals surface area (Å²) in [4.78, 5) is 13.3. The minimum atomic E-state index is -0.485. The predicted molar refractivity (Wildman–Crippen MR) is 57.8 cm³/mol. The Kier molecular flexibility index (Phi) is 2.61. The third-order valence-corrected chi connectivity index (χ3v) is 2.74. The first kappa shape index (κ1) is 10.0. The first-order valence-corrected chi connectivity index (χ1v) is 5.01. The summed E-state index contributed by atoms with van der Waals surface area (Å²) in [6, 6.07) is 9.28. The summed E-state index contributed by atoms with van der Waals surface area (Å²) in [7, 11) is 0. The number of nitriles is 1. The zero-order valence-electron chi connectivity index (χ0n) is 7.98. The first-order chi connectivity index (χ1) is 7.20.